The number of amides is 1. The molecule has 0 spiro atoms. The number of nitrogens with two attached hydrogens (primary N) is 1. The lowest BCUT2D eigenvalue weighted by molar-refractivity contribution is 0.0939. The molecule has 1 amide bonds. The Kier molecular flexibility index (Phi) is 2.65. The molecule has 0 aliphatic rings. The summed E-state index contributed by atoms with van der Waals surface area (Å²) in [7, 11) is 0. The zero-order valence-electron chi connectivity index (χ0n) is 7.00. The van der Waals surface area contributed by atoms with Crippen molar-refractivity contribution < 1.29 is 4.79 Å². The highest BCUT2D eigenvalue weighted by Crippen LogP contribution is 2.14. The van der Waals surface area contributed by atoms with Gasteiger partial charge in [0.15, 0.2) is 5.69 Å². The van der Waals surface area contributed by atoms with E-state index in [1.165, 1.54) is 11.3 Å². The number of carbonyl (C=O) groups excluding carboxylic acids is 1. The van der Waals surface area contributed by atoms with Crippen LogP contribution in [0, 0.1) is 0 Å². The maximum atomic E-state index is 11.3. The summed E-state index contributed by atoms with van der Waals surface area (Å²) in [6.45, 7) is 3.78. The number of rotatable bonds is 2. The van der Waals surface area contributed by atoms with Gasteiger partial charge in [0.05, 0.1) is 5.51 Å². The molecule has 0 unspecified atom stereocenters. The Hall–Kier alpha value is -1.10. The first-order valence-corrected chi connectivity index (χ1v) is 4.49. The molecule has 0 fully saturated rings. The van der Waals surface area contributed by atoms with E-state index in [-0.39, 0.29) is 11.9 Å². The number of carbonyl (C=O) groups is 1. The minimum Gasteiger partial charge on any atom is -0.389 e. The molecule has 0 saturated heterocycles. The van der Waals surface area contributed by atoms with Crippen molar-refractivity contribution >= 4 is 22.2 Å². The minimum atomic E-state index is -0.205. The van der Waals surface area contributed by atoms with Gasteiger partial charge in [-0.25, -0.2) is 4.98 Å². The highest BCUT2D eigenvalue weighted by molar-refractivity contribution is 7.14. The van der Waals surface area contributed by atoms with Crippen molar-refractivity contribution in [2.75, 3.05) is 5.73 Å². The van der Waals surface area contributed by atoms with E-state index in [0.717, 1.165) is 0 Å². The normalized spacial score (nSPS) is 10.2. The zero-order chi connectivity index (χ0) is 9.14. The highest BCUT2D eigenvalue weighted by Gasteiger charge is 2.12. The van der Waals surface area contributed by atoms with Gasteiger partial charge in [-0.2, -0.15) is 0 Å². The van der Waals surface area contributed by atoms with E-state index in [1.807, 2.05) is 13.8 Å². The monoisotopic (exact) mass is 185 g/mol. The average molecular weight is 185 g/mol. The predicted octanol–water partition coefficient (Wildman–Crippen LogP) is 0.864. The largest absolute Gasteiger partial charge is 0.389 e. The number of hydrogen-bond acceptors (Lipinski definition) is 4. The van der Waals surface area contributed by atoms with Crippen molar-refractivity contribution in [1.82, 2.24) is 10.3 Å². The van der Waals surface area contributed by atoms with Gasteiger partial charge in [-0.05, 0) is 13.8 Å². The SMILES string of the molecule is CC(C)NC(=O)c1ncsc1N. The molecular formula is C7H11N3OS. The van der Waals surface area contributed by atoms with Crippen molar-refractivity contribution in [3.8, 4) is 0 Å². The number of aromatic nitrogens is 1. The number of nitrogen functional groups attached to an aromatic ring is 1. The van der Waals surface area contributed by atoms with Crippen LogP contribution in [0.15, 0.2) is 5.51 Å². The van der Waals surface area contributed by atoms with Crippen LogP contribution in [-0.2, 0) is 0 Å². The molecule has 1 heterocycles. The van der Waals surface area contributed by atoms with Crippen LogP contribution in [0.25, 0.3) is 0 Å². The van der Waals surface area contributed by atoms with Crippen LogP contribution < -0.4 is 11.1 Å². The lowest BCUT2D eigenvalue weighted by Crippen LogP contribution is -2.30. The van der Waals surface area contributed by atoms with Crippen molar-refractivity contribution in [1.29, 1.82) is 0 Å². The van der Waals surface area contributed by atoms with Crippen molar-refractivity contribution in [3.05, 3.63) is 11.2 Å². The molecule has 0 atom stereocenters. The molecule has 12 heavy (non-hydrogen) atoms. The maximum absolute atomic E-state index is 11.3. The summed E-state index contributed by atoms with van der Waals surface area (Å²) in [5.41, 5.74) is 7.40. The number of nitrogens with one attached hydrogen (secondary N) is 1. The summed E-state index contributed by atoms with van der Waals surface area (Å²) < 4.78 is 0. The molecule has 5 heteroatoms. The molecule has 3 N–H and O–H groups in total. The summed E-state index contributed by atoms with van der Waals surface area (Å²) in [6.07, 6.45) is 0. The Morgan fingerprint density at radius 3 is 2.83 bits per heavy atom. The van der Waals surface area contributed by atoms with Gasteiger partial charge in [0.2, 0.25) is 0 Å². The number of anilines is 1. The molecular weight excluding hydrogens is 174 g/mol. The first-order chi connectivity index (χ1) is 5.61. The van der Waals surface area contributed by atoms with E-state index in [0.29, 0.717) is 10.7 Å². The van der Waals surface area contributed by atoms with Crippen LogP contribution in [0.4, 0.5) is 5.00 Å². The van der Waals surface area contributed by atoms with Gasteiger partial charge < -0.3 is 11.1 Å². The number of nitrogens with zero attached hydrogens (tertiary/aromatic N) is 1. The average Bonchev–Trinajstić information content (AvgIpc) is 2.33. The minimum absolute atomic E-state index is 0.110. The van der Waals surface area contributed by atoms with Crippen molar-refractivity contribution in [2.24, 2.45) is 0 Å². The Labute approximate surface area is 74.8 Å². The van der Waals surface area contributed by atoms with Crippen molar-refractivity contribution in [2.45, 2.75) is 19.9 Å². The lowest BCUT2D eigenvalue weighted by Gasteiger charge is -2.05. The zero-order valence-corrected chi connectivity index (χ0v) is 7.81. The molecule has 0 saturated carbocycles. The highest BCUT2D eigenvalue weighted by atomic mass is 32.1. The molecule has 66 valence electrons. The molecule has 0 bridgehead atoms. The lowest BCUT2D eigenvalue weighted by atomic mass is 10.3. The fourth-order valence-corrected chi connectivity index (χ4v) is 1.29. The third kappa shape index (κ3) is 1.94. The van der Waals surface area contributed by atoms with Crippen LogP contribution in [-0.4, -0.2) is 16.9 Å². The number of thiazole rings is 1. The molecule has 1 aromatic heterocycles. The Bertz CT molecular complexity index is 282. The second-order valence-corrected chi connectivity index (χ2v) is 3.58. The third-order valence-corrected chi connectivity index (χ3v) is 1.89. The van der Waals surface area contributed by atoms with E-state index < -0.39 is 0 Å². The van der Waals surface area contributed by atoms with Crippen LogP contribution >= 0.6 is 11.3 Å². The first kappa shape index (κ1) is 8.99. The molecule has 0 aliphatic heterocycles. The Morgan fingerprint density at radius 2 is 2.42 bits per heavy atom. The van der Waals surface area contributed by atoms with Crippen LogP contribution in [0.2, 0.25) is 0 Å². The summed E-state index contributed by atoms with van der Waals surface area (Å²) in [5.74, 6) is -0.205. The summed E-state index contributed by atoms with van der Waals surface area (Å²) in [4.78, 5) is 15.1. The molecule has 4 nitrogen and oxygen atoms in total. The summed E-state index contributed by atoms with van der Waals surface area (Å²) >= 11 is 1.27. The van der Waals surface area contributed by atoms with E-state index in [1.54, 1.807) is 5.51 Å². The summed E-state index contributed by atoms with van der Waals surface area (Å²) in [6, 6.07) is 0.110. The van der Waals surface area contributed by atoms with E-state index in [2.05, 4.69) is 10.3 Å². The topological polar surface area (TPSA) is 68.0 Å². The van der Waals surface area contributed by atoms with Gasteiger partial charge in [0, 0.05) is 6.04 Å². The second-order valence-electron chi connectivity index (χ2n) is 2.69. The van der Waals surface area contributed by atoms with Gasteiger partial charge in [-0.1, -0.05) is 0 Å². The molecule has 0 aliphatic carbocycles. The van der Waals surface area contributed by atoms with Crippen LogP contribution in [0.1, 0.15) is 24.3 Å². The smallest absolute Gasteiger partial charge is 0.273 e. The van der Waals surface area contributed by atoms with E-state index in [9.17, 15) is 4.79 Å². The Balaban J connectivity index is 2.72. The Morgan fingerprint density at radius 1 is 1.75 bits per heavy atom. The molecule has 1 rings (SSSR count). The third-order valence-electron chi connectivity index (χ3n) is 1.23. The van der Waals surface area contributed by atoms with Gasteiger partial charge in [0.25, 0.3) is 5.91 Å². The van der Waals surface area contributed by atoms with Crippen LogP contribution in [0.3, 0.4) is 0 Å². The molecule has 0 radical (unpaired) electrons. The van der Waals surface area contributed by atoms with E-state index in [4.69, 9.17) is 5.73 Å². The quantitative estimate of drug-likeness (QED) is 0.718. The van der Waals surface area contributed by atoms with Gasteiger partial charge in [0.1, 0.15) is 5.00 Å². The van der Waals surface area contributed by atoms with Crippen molar-refractivity contribution in [3.63, 3.8) is 0 Å². The van der Waals surface area contributed by atoms with E-state index >= 15 is 0 Å². The first-order valence-electron chi connectivity index (χ1n) is 3.61. The second kappa shape index (κ2) is 3.53. The fraction of sp³-hybridized carbons (Fsp3) is 0.429. The fourth-order valence-electron chi connectivity index (χ4n) is 0.756. The predicted molar refractivity (Wildman–Crippen MR) is 49.1 cm³/mol. The summed E-state index contributed by atoms with van der Waals surface area (Å²) in [5, 5.41) is 3.18. The molecule has 1 aromatic rings. The number of hydrogen-bond donors (Lipinski definition) is 2. The van der Waals surface area contributed by atoms with Crippen LogP contribution in [0.5, 0.6) is 0 Å². The maximum Gasteiger partial charge on any atom is 0.273 e. The standard InChI is InChI=1S/C7H11N3OS/c1-4(2)10-7(11)5-6(8)12-3-9-5/h3-4H,8H2,1-2H3,(H,10,11). The van der Waals surface area contributed by atoms with Gasteiger partial charge in [-0.3, -0.25) is 4.79 Å². The van der Waals surface area contributed by atoms with Gasteiger partial charge in [-0.15, -0.1) is 11.3 Å². The van der Waals surface area contributed by atoms with Gasteiger partial charge >= 0.3 is 0 Å². The molecule has 0 aromatic carbocycles.